The van der Waals surface area contributed by atoms with Crippen LogP contribution in [0.1, 0.15) is 0 Å². The molecule has 7 heteroatoms. The predicted octanol–water partition coefficient (Wildman–Crippen LogP) is -0.211. The van der Waals surface area contributed by atoms with E-state index in [1.807, 2.05) is 0 Å². The number of hydrogen-bond donors (Lipinski definition) is 2. The Morgan fingerprint density at radius 3 is 1.31 bits per heavy atom. The summed E-state index contributed by atoms with van der Waals surface area (Å²) >= 11 is 0. The van der Waals surface area contributed by atoms with Crippen LogP contribution in [0.3, 0.4) is 0 Å². The van der Waals surface area contributed by atoms with Crippen molar-refractivity contribution in [1.82, 2.24) is 25.1 Å². The van der Waals surface area contributed by atoms with Gasteiger partial charge in [0.15, 0.2) is 0 Å². The van der Waals surface area contributed by atoms with Gasteiger partial charge in [0, 0.05) is 28.2 Å². The van der Waals surface area contributed by atoms with Gasteiger partial charge in [-0.25, -0.2) is 14.7 Å². The van der Waals surface area contributed by atoms with Gasteiger partial charge in [0.2, 0.25) is 0 Å². The summed E-state index contributed by atoms with van der Waals surface area (Å²) in [4.78, 5) is 0. The molecule has 0 aliphatic rings. The van der Waals surface area contributed by atoms with Crippen molar-refractivity contribution in [2.45, 2.75) is 0 Å². The van der Waals surface area contributed by atoms with Crippen molar-refractivity contribution in [3.63, 3.8) is 0 Å². The summed E-state index contributed by atoms with van der Waals surface area (Å²) in [7, 11) is 7.99. The first-order valence-corrected chi connectivity index (χ1v) is 5.62. The third kappa shape index (κ3) is 4.71. The van der Waals surface area contributed by atoms with Crippen LogP contribution in [0.5, 0.6) is 0 Å². The van der Waals surface area contributed by atoms with Crippen molar-refractivity contribution in [3.8, 4) is 0 Å². The van der Waals surface area contributed by atoms with Crippen LogP contribution in [-0.2, 0) is 4.57 Å². The molecule has 0 amide bonds. The zero-order valence-electron chi connectivity index (χ0n) is 9.20. The highest BCUT2D eigenvalue weighted by Gasteiger charge is 2.25. The summed E-state index contributed by atoms with van der Waals surface area (Å²) in [6.45, 7) is 0. The highest BCUT2D eigenvalue weighted by Crippen LogP contribution is 2.37. The zero-order valence-corrected chi connectivity index (χ0v) is 10.1. The van der Waals surface area contributed by atoms with Gasteiger partial charge in [0.25, 0.3) is 0 Å². The zero-order chi connectivity index (χ0) is 10.6. The maximum absolute atomic E-state index is 12.2. The summed E-state index contributed by atoms with van der Waals surface area (Å²) in [5.41, 5.74) is 0. The monoisotopic (exact) mass is 209 g/mol. The van der Waals surface area contributed by atoms with Gasteiger partial charge in [0.1, 0.15) is 0 Å². The molecule has 0 aromatic rings. The molecule has 0 bridgehead atoms. The third-order valence-electron chi connectivity index (χ3n) is 1.23. The van der Waals surface area contributed by atoms with Crippen molar-refractivity contribution >= 4 is 7.59 Å². The van der Waals surface area contributed by atoms with Crippen LogP contribution >= 0.6 is 7.59 Å². The number of nitrogens with one attached hydrogen (secondary N) is 2. The van der Waals surface area contributed by atoms with Crippen molar-refractivity contribution in [2.24, 2.45) is 0 Å². The molecule has 0 spiro atoms. The molecule has 0 radical (unpaired) electrons. The first-order valence-electron chi connectivity index (χ1n) is 3.96. The lowest BCUT2D eigenvalue weighted by molar-refractivity contribution is 0.298. The van der Waals surface area contributed by atoms with Gasteiger partial charge in [-0.15, -0.1) is 0 Å². The Morgan fingerprint density at radius 1 is 0.846 bits per heavy atom. The van der Waals surface area contributed by atoms with E-state index in [4.69, 9.17) is 0 Å². The topological polar surface area (TPSA) is 50.9 Å². The third-order valence-corrected chi connectivity index (χ3v) is 3.70. The Morgan fingerprint density at radius 2 is 1.15 bits per heavy atom. The first-order chi connectivity index (χ1) is 5.78. The lowest BCUT2D eigenvalue weighted by Gasteiger charge is -2.31. The van der Waals surface area contributed by atoms with Crippen molar-refractivity contribution < 1.29 is 4.57 Å². The minimum atomic E-state index is -2.72. The van der Waals surface area contributed by atoms with Gasteiger partial charge < -0.3 is 0 Å². The fourth-order valence-electron chi connectivity index (χ4n) is 0.743. The van der Waals surface area contributed by atoms with Crippen molar-refractivity contribution in [2.75, 3.05) is 42.3 Å². The molecule has 0 saturated carbocycles. The number of hydrazine groups is 2. The van der Waals surface area contributed by atoms with Crippen molar-refractivity contribution in [1.29, 1.82) is 0 Å². The van der Waals surface area contributed by atoms with E-state index >= 15 is 0 Å². The highest BCUT2D eigenvalue weighted by atomic mass is 31.2. The van der Waals surface area contributed by atoms with E-state index in [-0.39, 0.29) is 0 Å². The van der Waals surface area contributed by atoms with E-state index in [2.05, 4.69) is 10.4 Å². The van der Waals surface area contributed by atoms with Gasteiger partial charge >= 0.3 is 7.59 Å². The molecule has 0 aromatic heterocycles. The smallest absolute Gasteiger partial charge is 0.268 e. The minimum Gasteiger partial charge on any atom is -0.268 e. The van der Waals surface area contributed by atoms with Crippen molar-refractivity contribution in [3.05, 3.63) is 0 Å². The predicted molar refractivity (Wildman–Crippen MR) is 54.9 cm³/mol. The molecule has 2 N–H and O–H groups in total. The molecule has 0 aliphatic carbocycles. The van der Waals surface area contributed by atoms with E-state index in [0.29, 0.717) is 0 Å². The van der Waals surface area contributed by atoms with Gasteiger partial charge in [-0.3, -0.25) is 4.57 Å². The molecule has 6 nitrogen and oxygen atoms in total. The lowest BCUT2D eigenvalue weighted by Crippen LogP contribution is -2.43. The molecule has 0 rings (SSSR count). The minimum absolute atomic E-state index is 1.63. The van der Waals surface area contributed by atoms with Gasteiger partial charge in [-0.2, -0.15) is 10.4 Å². The standard InChI is InChI=1S/C6H20N5OP/c1-9(2)7-13(12,11(5)6)8-10(3)4/h1-6H3,(H2,7,8,12). The summed E-state index contributed by atoms with van der Waals surface area (Å²) < 4.78 is 13.8. The fourth-order valence-corrected chi connectivity index (χ4v) is 2.23. The summed E-state index contributed by atoms with van der Waals surface area (Å²) in [5.74, 6) is 0. The quantitative estimate of drug-likeness (QED) is 0.482. The number of rotatable bonds is 5. The summed E-state index contributed by atoms with van der Waals surface area (Å²) in [6, 6.07) is 0. The average molecular weight is 209 g/mol. The average Bonchev–Trinajstić information content (AvgIpc) is 1.82. The van der Waals surface area contributed by atoms with Gasteiger partial charge in [-0.1, -0.05) is 0 Å². The van der Waals surface area contributed by atoms with Crippen LogP contribution in [-0.4, -0.2) is 57.0 Å². The summed E-state index contributed by atoms with van der Waals surface area (Å²) in [6.07, 6.45) is 0. The molecule has 0 saturated heterocycles. The molecule has 0 atom stereocenters. The Kier molecular flexibility index (Phi) is 5.06. The van der Waals surface area contributed by atoms with E-state index in [9.17, 15) is 4.57 Å². The van der Waals surface area contributed by atoms with Crippen LogP contribution < -0.4 is 10.4 Å². The van der Waals surface area contributed by atoms with E-state index < -0.39 is 7.59 Å². The molecular formula is C6H20N5OP. The normalized spacial score (nSPS) is 13.3. The Hall–Kier alpha value is 0.0300. The van der Waals surface area contributed by atoms with Crippen LogP contribution in [0.25, 0.3) is 0 Å². The molecule has 0 fully saturated rings. The fraction of sp³-hybridized carbons (Fsp3) is 1.00. The van der Waals surface area contributed by atoms with E-state index in [1.165, 1.54) is 0 Å². The van der Waals surface area contributed by atoms with Crippen LogP contribution in [0.2, 0.25) is 0 Å². The molecular weight excluding hydrogens is 189 g/mol. The first kappa shape index (κ1) is 13.0. The largest absolute Gasteiger partial charge is 0.307 e. The second-order valence-electron chi connectivity index (χ2n) is 3.41. The highest BCUT2D eigenvalue weighted by molar-refractivity contribution is 7.57. The lowest BCUT2D eigenvalue weighted by atomic mass is 11.2. The Balaban J connectivity index is 4.45. The molecule has 13 heavy (non-hydrogen) atoms. The van der Waals surface area contributed by atoms with E-state index in [0.717, 1.165) is 0 Å². The number of hydrogen-bond acceptors (Lipinski definition) is 3. The van der Waals surface area contributed by atoms with Gasteiger partial charge in [0.05, 0.1) is 0 Å². The second-order valence-corrected chi connectivity index (χ2v) is 5.76. The maximum Gasteiger partial charge on any atom is 0.307 e. The number of nitrogens with zero attached hydrogens (tertiary/aromatic N) is 3. The van der Waals surface area contributed by atoms with Crippen LogP contribution in [0.4, 0.5) is 0 Å². The summed E-state index contributed by atoms with van der Waals surface area (Å²) in [5, 5.41) is 9.03. The molecule has 80 valence electrons. The Labute approximate surface area is 80.3 Å². The molecule has 0 unspecified atom stereocenters. The van der Waals surface area contributed by atoms with E-state index in [1.54, 1.807) is 57.0 Å². The van der Waals surface area contributed by atoms with Gasteiger partial charge in [-0.05, 0) is 14.1 Å². The molecule has 0 heterocycles. The maximum atomic E-state index is 12.2. The SMILES string of the molecule is CN(C)NP(=O)(NN(C)C)N(C)C. The van der Waals surface area contributed by atoms with Crippen LogP contribution in [0, 0.1) is 0 Å². The second kappa shape index (κ2) is 5.05. The van der Waals surface area contributed by atoms with Crippen LogP contribution in [0.15, 0.2) is 0 Å². The molecule has 0 aliphatic heterocycles. The molecule has 0 aromatic carbocycles. The Bertz CT molecular complexity index is 179.